The summed E-state index contributed by atoms with van der Waals surface area (Å²) in [7, 11) is 2.97. The van der Waals surface area contributed by atoms with Gasteiger partial charge in [0.05, 0.1) is 26.2 Å². The molecule has 0 aliphatic rings. The first-order chi connectivity index (χ1) is 11.0. The molecule has 0 amide bonds. The monoisotopic (exact) mass is 312 g/mol. The van der Waals surface area contributed by atoms with Gasteiger partial charge in [0, 0.05) is 17.2 Å². The third-order valence-electron chi connectivity index (χ3n) is 3.23. The van der Waals surface area contributed by atoms with Crippen molar-refractivity contribution in [3.63, 3.8) is 0 Å². The summed E-state index contributed by atoms with van der Waals surface area (Å²) in [5.74, 6) is 0.202. The van der Waals surface area contributed by atoms with Crippen molar-refractivity contribution in [1.29, 1.82) is 0 Å². The fourth-order valence-electron chi connectivity index (χ4n) is 2.05. The fourth-order valence-corrected chi connectivity index (χ4v) is 2.05. The Balaban J connectivity index is 3.19. The lowest BCUT2D eigenvalue weighted by Gasteiger charge is -2.12. The summed E-state index contributed by atoms with van der Waals surface area (Å²) in [5.41, 5.74) is 1.29. The highest BCUT2D eigenvalue weighted by molar-refractivity contribution is 6.15. The van der Waals surface area contributed by atoms with Gasteiger partial charge in [0.1, 0.15) is 11.5 Å². The molecule has 0 atom stereocenters. The quantitative estimate of drug-likeness (QED) is 0.301. The molecule has 0 unspecified atom stereocenters. The largest absolute Gasteiger partial charge is 0.496 e. The molecule has 0 saturated heterocycles. The first kappa shape index (κ1) is 18.2. The topological polar surface area (TPSA) is 52.6 Å². The van der Waals surface area contributed by atoms with Crippen LogP contribution in [0.2, 0.25) is 0 Å². The van der Waals surface area contributed by atoms with Gasteiger partial charge in [0.2, 0.25) is 0 Å². The number of hydrogen-bond acceptors (Lipinski definition) is 4. The second-order valence-corrected chi connectivity index (χ2v) is 4.58. The molecule has 1 aromatic rings. The summed E-state index contributed by atoms with van der Waals surface area (Å²) >= 11 is 0. The van der Waals surface area contributed by atoms with Gasteiger partial charge < -0.3 is 9.47 Å². The van der Waals surface area contributed by atoms with Crippen LogP contribution in [0.4, 0.5) is 0 Å². The fraction of sp³-hybridized carbons (Fsp3) is 0.158. The van der Waals surface area contributed by atoms with E-state index in [0.717, 1.165) is 0 Å². The van der Waals surface area contributed by atoms with Gasteiger partial charge in [-0.3, -0.25) is 9.59 Å². The number of carbonyl (C=O) groups is 2. The van der Waals surface area contributed by atoms with Crippen molar-refractivity contribution >= 4 is 17.6 Å². The lowest BCUT2D eigenvalue weighted by atomic mass is 9.98. The molecule has 4 heteroatoms. The van der Waals surface area contributed by atoms with Crippen LogP contribution in [-0.4, -0.2) is 25.8 Å². The Morgan fingerprint density at radius 2 is 1.74 bits per heavy atom. The molecule has 0 bridgehead atoms. The minimum absolute atomic E-state index is 0.287. The van der Waals surface area contributed by atoms with Gasteiger partial charge in [-0.05, 0) is 6.07 Å². The average Bonchev–Trinajstić information content (AvgIpc) is 2.57. The first-order valence-electron chi connectivity index (χ1n) is 6.92. The summed E-state index contributed by atoms with van der Waals surface area (Å²) < 4.78 is 10.4. The maximum absolute atomic E-state index is 12.5. The van der Waals surface area contributed by atoms with Crippen LogP contribution in [0.25, 0.3) is 6.08 Å². The van der Waals surface area contributed by atoms with E-state index < -0.39 is 0 Å². The van der Waals surface area contributed by atoms with Crippen LogP contribution in [0.1, 0.15) is 22.3 Å². The van der Waals surface area contributed by atoms with E-state index in [2.05, 4.69) is 19.7 Å². The third kappa shape index (κ3) is 4.30. The van der Waals surface area contributed by atoms with E-state index in [0.29, 0.717) is 28.2 Å². The van der Waals surface area contributed by atoms with Crippen LogP contribution in [0.3, 0.4) is 0 Å². The van der Waals surface area contributed by atoms with E-state index in [1.54, 1.807) is 18.2 Å². The smallest absolute Gasteiger partial charge is 0.174 e. The Bertz CT molecular complexity index is 681. The predicted molar refractivity (Wildman–Crippen MR) is 92.1 cm³/mol. The molecule has 0 spiro atoms. The molecule has 0 N–H and O–H groups in total. The maximum Gasteiger partial charge on any atom is 0.174 e. The Kier molecular flexibility index (Phi) is 6.74. The van der Waals surface area contributed by atoms with Crippen LogP contribution in [0, 0.1) is 0 Å². The van der Waals surface area contributed by atoms with Crippen LogP contribution in [0.15, 0.2) is 55.7 Å². The van der Waals surface area contributed by atoms with Gasteiger partial charge >= 0.3 is 0 Å². The summed E-state index contributed by atoms with van der Waals surface area (Å²) in [4.78, 5) is 24.6. The Labute approximate surface area is 136 Å². The van der Waals surface area contributed by atoms with Crippen molar-refractivity contribution in [3.05, 3.63) is 66.8 Å². The Hall–Kier alpha value is -2.88. The van der Waals surface area contributed by atoms with Gasteiger partial charge in [-0.1, -0.05) is 44.0 Å². The highest BCUT2D eigenvalue weighted by atomic mass is 16.5. The molecule has 0 heterocycles. The molecular weight excluding hydrogens is 292 g/mol. The van der Waals surface area contributed by atoms with Gasteiger partial charge in [-0.25, -0.2) is 0 Å². The summed E-state index contributed by atoms with van der Waals surface area (Å²) in [5, 5.41) is 0. The van der Waals surface area contributed by atoms with Crippen molar-refractivity contribution in [2.45, 2.75) is 6.42 Å². The number of carbonyl (C=O) groups excluding carboxylic acids is 2. The van der Waals surface area contributed by atoms with Crippen LogP contribution in [0.5, 0.6) is 11.5 Å². The van der Waals surface area contributed by atoms with Gasteiger partial charge in [0.15, 0.2) is 11.6 Å². The minimum Gasteiger partial charge on any atom is -0.496 e. The molecule has 0 saturated carbocycles. The third-order valence-corrected chi connectivity index (χ3v) is 3.23. The number of allylic oxidation sites excluding steroid dienone is 4. The molecule has 1 aromatic carbocycles. The van der Waals surface area contributed by atoms with Crippen molar-refractivity contribution in [3.8, 4) is 11.5 Å². The van der Waals surface area contributed by atoms with E-state index in [4.69, 9.17) is 9.47 Å². The molecular formula is C19H20O4. The van der Waals surface area contributed by atoms with Crippen LogP contribution >= 0.6 is 0 Å². The number of Topliss-reactive ketones (excluding diaryl/α,β-unsaturated/α-hetero) is 2. The number of rotatable bonds is 9. The number of hydrogen-bond donors (Lipinski definition) is 0. The average molecular weight is 312 g/mol. The lowest BCUT2D eigenvalue weighted by Crippen LogP contribution is -2.11. The zero-order valence-electron chi connectivity index (χ0n) is 13.4. The van der Waals surface area contributed by atoms with Gasteiger partial charge in [0.25, 0.3) is 0 Å². The zero-order chi connectivity index (χ0) is 17.4. The van der Waals surface area contributed by atoms with Crippen molar-refractivity contribution < 1.29 is 19.1 Å². The second-order valence-electron chi connectivity index (χ2n) is 4.58. The van der Waals surface area contributed by atoms with Gasteiger partial charge in [-0.2, -0.15) is 0 Å². The number of ketones is 2. The maximum atomic E-state index is 12.5. The SMILES string of the molecule is C=C/C=C(\C=C)C(=O)CC(=O)c1cc(C=C)c(OC)cc1OC. The number of methoxy groups -OCH3 is 2. The van der Waals surface area contributed by atoms with E-state index in [1.165, 1.54) is 32.4 Å². The Morgan fingerprint density at radius 1 is 1.09 bits per heavy atom. The molecule has 0 aromatic heterocycles. The van der Waals surface area contributed by atoms with Crippen molar-refractivity contribution in [1.82, 2.24) is 0 Å². The standard InChI is InChI=1S/C19H20O4/c1-6-9-13(7-2)16(20)11-17(21)15-10-14(8-3)18(22-4)12-19(15)23-5/h6-10,12H,1-3,11H2,4-5H3/b13-9+. The number of benzene rings is 1. The summed E-state index contributed by atoms with van der Waals surface area (Å²) in [6, 6.07) is 3.20. The van der Waals surface area contributed by atoms with E-state index in [9.17, 15) is 9.59 Å². The zero-order valence-corrected chi connectivity index (χ0v) is 13.4. The lowest BCUT2D eigenvalue weighted by molar-refractivity contribution is -0.114. The Morgan fingerprint density at radius 3 is 2.22 bits per heavy atom. The summed E-state index contributed by atoms with van der Waals surface area (Å²) in [6.45, 7) is 10.8. The molecule has 4 nitrogen and oxygen atoms in total. The molecule has 120 valence electrons. The predicted octanol–water partition coefficient (Wildman–Crippen LogP) is 3.79. The first-order valence-corrected chi connectivity index (χ1v) is 6.92. The highest BCUT2D eigenvalue weighted by Crippen LogP contribution is 2.30. The normalized spacial score (nSPS) is 10.6. The van der Waals surface area contributed by atoms with Crippen LogP contribution in [-0.2, 0) is 4.79 Å². The molecule has 23 heavy (non-hydrogen) atoms. The minimum atomic E-state index is -0.352. The molecule has 0 fully saturated rings. The molecule has 0 radical (unpaired) electrons. The second kappa shape index (κ2) is 8.54. The number of ether oxygens (including phenoxy) is 2. The summed E-state index contributed by atoms with van der Waals surface area (Å²) in [6.07, 6.45) is 5.68. The van der Waals surface area contributed by atoms with Crippen molar-refractivity contribution in [2.24, 2.45) is 0 Å². The molecule has 0 aliphatic heterocycles. The molecule has 0 aliphatic carbocycles. The van der Waals surface area contributed by atoms with E-state index >= 15 is 0 Å². The molecule has 1 rings (SSSR count). The van der Waals surface area contributed by atoms with E-state index in [1.807, 2.05) is 0 Å². The van der Waals surface area contributed by atoms with Gasteiger partial charge in [-0.15, -0.1) is 0 Å². The van der Waals surface area contributed by atoms with E-state index in [-0.39, 0.29) is 18.0 Å². The van der Waals surface area contributed by atoms with Crippen molar-refractivity contribution in [2.75, 3.05) is 14.2 Å². The van der Waals surface area contributed by atoms with Crippen LogP contribution < -0.4 is 9.47 Å². The highest BCUT2D eigenvalue weighted by Gasteiger charge is 2.19.